The smallest absolute Gasteiger partial charge is 0.130 e. The van der Waals surface area contributed by atoms with E-state index in [9.17, 15) is 0 Å². The molecule has 8 nitrogen and oxygen atoms in total. The molecule has 3 heterocycles. The van der Waals surface area contributed by atoms with Gasteiger partial charge in [-0.15, -0.1) is 0 Å². The van der Waals surface area contributed by atoms with E-state index in [4.69, 9.17) is 9.47 Å². The lowest BCUT2D eigenvalue weighted by atomic mass is 9.90. The van der Waals surface area contributed by atoms with Gasteiger partial charge < -0.3 is 25.4 Å². The Morgan fingerprint density at radius 1 is 1.00 bits per heavy atom. The maximum absolute atomic E-state index is 5.45. The Kier molecular flexibility index (Phi) is 8.86. The van der Waals surface area contributed by atoms with Crippen LogP contribution in [0.2, 0.25) is 0 Å². The zero-order valence-corrected chi connectivity index (χ0v) is 19.9. The van der Waals surface area contributed by atoms with Crippen molar-refractivity contribution in [3.8, 4) is 11.3 Å². The van der Waals surface area contributed by atoms with Gasteiger partial charge in [-0.2, -0.15) is 0 Å². The lowest BCUT2D eigenvalue weighted by Crippen LogP contribution is -2.42. The van der Waals surface area contributed by atoms with E-state index in [0.29, 0.717) is 24.0 Å². The van der Waals surface area contributed by atoms with E-state index in [2.05, 4.69) is 43.9 Å². The van der Waals surface area contributed by atoms with Gasteiger partial charge in [0.2, 0.25) is 0 Å². The molecule has 1 saturated heterocycles. The van der Waals surface area contributed by atoms with E-state index < -0.39 is 0 Å². The molecule has 2 aliphatic rings. The molecule has 1 saturated carbocycles. The van der Waals surface area contributed by atoms with Crippen LogP contribution in [0.1, 0.15) is 45.4 Å². The predicted molar refractivity (Wildman–Crippen MR) is 131 cm³/mol. The standard InChI is InChI=1S/C25H38N6O2/c1-18(16-32-2)30-21-3-5-22(6-4-21)31-25-14-23(28-17-29-25)20-7-10-26-24(13-20)27-15-19-8-11-33-12-9-19/h7,10,13-14,17-19,21-22,30H,3-6,8-9,11-12,15-16H2,1-2H3,(H,26,27)(H,28,29,31)/t18-,21?,22?/m1/s1. The van der Waals surface area contributed by atoms with Crippen LogP contribution in [0.15, 0.2) is 30.7 Å². The molecule has 33 heavy (non-hydrogen) atoms. The summed E-state index contributed by atoms with van der Waals surface area (Å²) in [5, 5.41) is 10.8. The first-order chi connectivity index (χ1) is 16.2. The summed E-state index contributed by atoms with van der Waals surface area (Å²) in [5.41, 5.74) is 1.96. The van der Waals surface area contributed by atoms with Crippen LogP contribution in [-0.2, 0) is 9.47 Å². The largest absolute Gasteiger partial charge is 0.383 e. The van der Waals surface area contributed by atoms with Gasteiger partial charge in [0.05, 0.1) is 12.3 Å². The van der Waals surface area contributed by atoms with Crippen molar-refractivity contribution in [1.29, 1.82) is 0 Å². The van der Waals surface area contributed by atoms with Crippen LogP contribution >= 0.6 is 0 Å². The molecule has 2 aromatic heterocycles. The number of hydrogen-bond donors (Lipinski definition) is 3. The van der Waals surface area contributed by atoms with E-state index in [1.54, 1.807) is 13.4 Å². The lowest BCUT2D eigenvalue weighted by Gasteiger charge is -2.31. The van der Waals surface area contributed by atoms with E-state index in [1.165, 1.54) is 0 Å². The number of rotatable bonds is 10. The van der Waals surface area contributed by atoms with E-state index in [0.717, 1.165) is 87.8 Å². The summed E-state index contributed by atoms with van der Waals surface area (Å²) in [5.74, 6) is 2.42. The fraction of sp³-hybridized carbons (Fsp3) is 0.640. The molecule has 0 bridgehead atoms. The van der Waals surface area contributed by atoms with E-state index in [1.807, 2.05) is 18.3 Å². The van der Waals surface area contributed by atoms with Gasteiger partial charge in [-0.3, -0.25) is 0 Å². The average Bonchev–Trinajstić information content (AvgIpc) is 2.85. The zero-order valence-electron chi connectivity index (χ0n) is 19.9. The van der Waals surface area contributed by atoms with Crippen molar-refractivity contribution in [2.24, 2.45) is 5.92 Å². The van der Waals surface area contributed by atoms with Gasteiger partial charge in [-0.25, -0.2) is 15.0 Å². The fourth-order valence-electron chi connectivity index (χ4n) is 4.79. The van der Waals surface area contributed by atoms with Crippen molar-refractivity contribution in [3.63, 3.8) is 0 Å². The molecule has 0 radical (unpaired) electrons. The molecule has 0 amide bonds. The molecule has 2 aromatic rings. The molecular weight excluding hydrogens is 416 g/mol. The molecule has 1 aliphatic heterocycles. The van der Waals surface area contributed by atoms with Crippen molar-refractivity contribution >= 4 is 11.6 Å². The van der Waals surface area contributed by atoms with Crippen LogP contribution in [0.3, 0.4) is 0 Å². The van der Waals surface area contributed by atoms with Crippen molar-refractivity contribution < 1.29 is 9.47 Å². The van der Waals surface area contributed by atoms with Crippen molar-refractivity contribution in [1.82, 2.24) is 20.3 Å². The molecular formula is C25H38N6O2. The average molecular weight is 455 g/mol. The van der Waals surface area contributed by atoms with E-state index in [-0.39, 0.29) is 0 Å². The highest BCUT2D eigenvalue weighted by Gasteiger charge is 2.22. The summed E-state index contributed by atoms with van der Waals surface area (Å²) < 4.78 is 10.7. The van der Waals surface area contributed by atoms with Crippen LogP contribution < -0.4 is 16.0 Å². The number of aromatic nitrogens is 3. The summed E-state index contributed by atoms with van der Waals surface area (Å²) in [6.45, 7) is 5.59. The molecule has 2 fully saturated rings. The maximum Gasteiger partial charge on any atom is 0.130 e. The van der Waals surface area contributed by atoms with Gasteiger partial charge in [0, 0.05) is 62.8 Å². The van der Waals surface area contributed by atoms with Crippen LogP contribution in [-0.4, -0.2) is 66.6 Å². The minimum Gasteiger partial charge on any atom is -0.383 e. The van der Waals surface area contributed by atoms with Crippen molar-refractivity contribution in [2.75, 3.05) is 44.1 Å². The summed E-state index contributed by atoms with van der Waals surface area (Å²) in [7, 11) is 1.76. The number of nitrogens with zero attached hydrogens (tertiary/aromatic N) is 3. The lowest BCUT2D eigenvalue weighted by molar-refractivity contribution is 0.0699. The highest BCUT2D eigenvalue weighted by atomic mass is 16.5. The first kappa shape index (κ1) is 23.9. The van der Waals surface area contributed by atoms with Gasteiger partial charge >= 0.3 is 0 Å². The molecule has 8 heteroatoms. The molecule has 1 atom stereocenters. The number of ether oxygens (including phenoxy) is 2. The summed E-state index contributed by atoms with van der Waals surface area (Å²) in [6, 6.07) is 7.52. The second kappa shape index (κ2) is 12.3. The first-order valence-electron chi connectivity index (χ1n) is 12.3. The minimum atomic E-state index is 0.394. The Balaban J connectivity index is 1.30. The number of methoxy groups -OCH3 is 1. The first-order valence-corrected chi connectivity index (χ1v) is 12.3. The maximum atomic E-state index is 5.45. The van der Waals surface area contributed by atoms with Gasteiger partial charge in [0.15, 0.2) is 0 Å². The van der Waals surface area contributed by atoms with Crippen molar-refractivity contribution in [3.05, 3.63) is 30.7 Å². The monoisotopic (exact) mass is 454 g/mol. The number of nitrogens with one attached hydrogen (secondary N) is 3. The normalized spacial score (nSPS) is 22.6. The third-order valence-electron chi connectivity index (χ3n) is 6.65. The number of anilines is 2. The molecule has 0 aromatic carbocycles. The quantitative estimate of drug-likeness (QED) is 0.500. The zero-order chi connectivity index (χ0) is 22.9. The SMILES string of the molecule is COC[C@@H](C)NC1CCC(Nc2cc(-c3ccnc(NCC4CCOCC4)c3)ncn2)CC1. The summed E-state index contributed by atoms with van der Waals surface area (Å²) in [6.07, 6.45) is 10.3. The second-order valence-electron chi connectivity index (χ2n) is 9.37. The fourth-order valence-corrected chi connectivity index (χ4v) is 4.79. The van der Waals surface area contributed by atoms with Gasteiger partial charge in [-0.1, -0.05) is 0 Å². The molecule has 180 valence electrons. The van der Waals surface area contributed by atoms with Crippen LogP contribution in [0.5, 0.6) is 0 Å². The Hall–Kier alpha value is -2.29. The number of pyridine rings is 1. The van der Waals surface area contributed by atoms with Gasteiger partial charge in [0.1, 0.15) is 18.0 Å². The van der Waals surface area contributed by atoms with Gasteiger partial charge in [-0.05, 0) is 63.5 Å². The van der Waals surface area contributed by atoms with Gasteiger partial charge in [0.25, 0.3) is 0 Å². The van der Waals surface area contributed by atoms with Crippen LogP contribution in [0, 0.1) is 5.92 Å². The summed E-state index contributed by atoms with van der Waals surface area (Å²) >= 11 is 0. The molecule has 0 spiro atoms. The minimum absolute atomic E-state index is 0.394. The number of hydrogen-bond acceptors (Lipinski definition) is 8. The molecule has 3 N–H and O–H groups in total. The van der Waals surface area contributed by atoms with Crippen LogP contribution in [0.25, 0.3) is 11.3 Å². The molecule has 4 rings (SSSR count). The Labute approximate surface area is 197 Å². The van der Waals surface area contributed by atoms with Crippen molar-refractivity contribution in [2.45, 2.75) is 63.6 Å². The van der Waals surface area contributed by atoms with E-state index >= 15 is 0 Å². The molecule has 1 aliphatic carbocycles. The Morgan fingerprint density at radius 3 is 2.58 bits per heavy atom. The second-order valence-corrected chi connectivity index (χ2v) is 9.37. The van der Waals surface area contributed by atoms with Crippen LogP contribution in [0.4, 0.5) is 11.6 Å². The third kappa shape index (κ3) is 7.35. The third-order valence-corrected chi connectivity index (χ3v) is 6.65. The Morgan fingerprint density at radius 2 is 1.79 bits per heavy atom. The Bertz CT molecular complexity index is 852. The highest BCUT2D eigenvalue weighted by molar-refractivity contribution is 5.65. The molecule has 0 unspecified atom stereocenters. The summed E-state index contributed by atoms with van der Waals surface area (Å²) in [4.78, 5) is 13.5. The topological polar surface area (TPSA) is 93.2 Å². The highest BCUT2D eigenvalue weighted by Crippen LogP contribution is 2.25. The predicted octanol–water partition coefficient (Wildman–Crippen LogP) is 3.72.